The van der Waals surface area contributed by atoms with E-state index in [0.29, 0.717) is 17.0 Å². The summed E-state index contributed by atoms with van der Waals surface area (Å²) in [6.07, 6.45) is 0. The third kappa shape index (κ3) is 3.50. The first-order valence-electron chi connectivity index (χ1n) is 7.55. The zero-order valence-corrected chi connectivity index (χ0v) is 14.5. The van der Waals surface area contributed by atoms with Crippen LogP contribution in [0.1, 0.15) is 5.56 Å². The molecule has 2 aromatic carbocycles. The molecule has 0 amide bonds. The summed E-state index contributed by atoms with van der Waals surface area (Å²) in [6.45, 7) is 0. The van der Waals surface area contributed by atoms with Gasteiger partial charge in [0.1, 0.15) is 10.8 Å². The minimum absolute atomic E-state index is 0.317. The number of aromatic nitrogens is 4. The van der Waals surface area contributed by atoms with Gasteiger partial charge in [-0.1, -0.05) is 47.6 Å². The first kappa shape index (κ1) is 16.1. The molecular weight excluding hydrogens is 359 g/mol. The normalized spacial score (nSPS) is 11.1. The fourth-order valence-electron chi connectivity index (χ4n) is 2.39. The Balaban J connectivity index is 1.63. The first-order chi connectivity index (χ1) is 12.2. The van der Waals surface area contributed by atoms with Gasteiger partial charge < -0.3 is 0 Å². The van der Waals surface area contributed by atoms with Crippen LogP contribution in [0.15, 0.2) is 65.7 Å². The summed E-state index contributed by atoms with van der Waals surface area (Å²) in [5.41, 5.74) is 2.42. The molecule has 0 saturated carbocycles. The van der Waals surface area contributed by atoms with Crippen LogP contribution in [0, 0.1) is 5.82 Å². The summed E-state index contributed by atoms with van der Waals surface area (Å²) in [6, 6.07) is 17.7. The van der Waals surface area contributed by atoms with Crippen LogP contribution in [0.3, 0.4) is 0 Å². The molecule has 0 aliphatic heterocycles. The van der Waals surface area contributed by atoms with Crippen molar-refractivity contribution in [2.45, 2.75) is 10.8 Å². The highest BCUT2D eigenvalue weighted by Gasteiger charge is 2.11. The Bertz CT molecular complexity index is 1030. The SMILES string of the molecule is Fc1cccc(-c2nnc3ccc(SCc4ccc(Cl)cc4)nn23)c1. The topological polar surface area (TPSA) is 43.1 Å². The van der Waals surface area contributed by atoms with Crippen molar-refractivity contribution < 1.29 is 4.39 Å². The molecule has 0 aliphatic carbocycles. The van der Waals surface area contributed by atoms with Gasteiger partial charge in [-0.25, -0.2) is 4.39 Å². The summed E-state index contributed by atoms with van der Waals surface area (Å²) in [4.78, 5) is 0. The Kier molecular flexibility index (Phi) is 4.38. The van der Waals surface area contributed by atoms with Crippen molar-refractivity contribution in [3.63, 3.8) is 0 Å². The predicted molar refractivity (Wildman–Crippen MR) is 97.2 cm³/mol. The molecule has 0 unspecified atom stereocenters. The Morgan fingerprint density at radius 3 is 2.64 bits per heavy atom. The third-order valence-corrected chi connectivity index (χ3v) is 4.86. The highest BCUT2D eigenvalue weighted by molar-refractivity contribution is 7.98. The maximum Gasteiger partial charge on any atom is 0.185 e. The Morgan fingerprint density at radius 2 is 1.84 bits per heavy atom. The smallest absolute Gasteiger partial charge is 0.185 e. The van der Waals surface area contributed by atoms with E-state index in [0.717, 1.165) is 21.4 Å². The molecule has 2 heterocycles. The van der Waals surface area contributed by atoms with Gasteiger partial charge in [-0.05, 0) is 42.0 Å². The molecule has 0 fully saturated rings. The summed E-state index contributed by atoms with van der Waals surface area (Å²) in [5.74, 6) is 0.971. The number of hydrogen-bond acceptors (Lipinski definition) is 4. The number of hydrogen-bond donors (Lipinski definition) is 0. The number of fused-ring (bicyclic) bond motifs is 1. The third-order valence-electron chi connectivity index (χ3n) is 3.62. The van der Waals surface area contributed by atoms with Crippen molar-refractivity contribution in [2.75, 3.05) is 0 Å². The molecule has 0 N–H and O–H groups in total. The monoisotopic (exact) mass is 370 g/mol. The zero-order valence-electron chi connectivity index (χ0n) is 12.9. The highest BCUT2D eigenvalue weighted by Crippen LogP contribution is 2.24. The van der Waals surface area contributed by atoms with E-state index in [-0.39, 0.29) is 5.82 Å². The first-order valence-corrected chi connectivity index (χ1v) is 8.91. The van der Waals surface area contributed by atoms with E-state index in [1.165, 1.54) is 12.1 Å². The maximum atomic E-state index is 13.5. The lowest BCUT2D eigenvalue weighted by Gasteiger charge is -2.04. The minimum atomic E-state index is -0.317. The number of thioether (sulfide) groups is 1. The van der Waals surface area contributed by atoms with Crippen LogP contribution in [0.4, 0.5) is 4.39 Å². The van der Waals surface area contributed by atoms with Crippen LogP contribution in [0.25, 0.3) is 17.0 Å². The maximum absolute atomic E-state index is 13.5. The van der Waals surface area contributed by atoms with Crippen LogP contribution in [0.2, 0.25) is 5.02 Å². The van der Waals surface area contributed by atoms with E-state index >= 15 is 0 Å². The van der Waals surface area contributed by atoms with Gasteiger partial charge in [0.15, 0.2) is 11.5 Å². The van der Waals surface area contributed by atoms with Crippen LogP contribution in [0.5, 0.6) is 0 Å². The second kappa shape index (κ2) is 6.82. The van der Waals surface area contributed by atoms with Crippen molar-refractivity contribution in [2.24, 2.45) is 0 Å². The molecule has 7 heteroatoms. The second-order valence-corrected chi connectivity index (χ2v) is 6.82. The Morgan fingerprint density at radius 1 is 1.00 bits per heavy atom. The molecule has 0 aliphatic rings. The molecule has 0 atom stereocenters. The fraction of sp³-hybridized carbons (Fsp3) is 0.0556. The van der Waals surface area contributed by atoms with E-state index in [9.17, 15) is 4.39 Å². The van der Waals surface area contributed by atoms with Gasteiger partial charge in [-0.3, -0.25) is 0 Å². The second-order valence-electron chi connectivity index (χ2n) is 5.39. The molecule has 0 radical (unpaired) electrons. The Hall–Kier alpha value is -2.44. The highest BCUT2D eigenvalue weighted by atomic mass is 35.5. The van der Waals surface area contributed by atoms with Crippen molar-refractivity contribution in [3.8, 4) is 11.4 Å². The van der Waals surface area contributed by atoms with E-state index in [1.807, 2.05) is 36.4 Å². The van der Waals surface area contributed by atoms with Crippen molar-refractivity contribution in [1.29, 1.82) is 0 Å². The predicted octanol–water partition coefficient (Wildman–Crippen LogP) is 4.88. The molecule has 0 bridgehead atoms. The number of halogens is 2. The lowest BCUT2D eigenvalue weighted by atomic mass is 10.2. The van der Waals surface area contributed by atoms with E-state index in [2.05, 4.69) is 15.3 Å². The largest absolute Gasteiger partial charge is 0.207 e. The fourth-order valence-corrected chi connectivity index (χ4v) is 3.33. The molecule has 4 rings (SSSR count). The Labute approximate surface area is 152 Å². The molecule has 25 heavy (non-hydrogen) atoms. The molecular formula is C18H12ClFN4S. The summed E-state index contributed by atoms with van der Waals surface area (Å²) in [5, 5.41) is 14.4. The number of rotatable bonds is 4. The van der Waals surface area contributed by atoms with Gasteiger partial charge in [0, 0.05) is 16.3 Å². The van der Waals surface area contributed by atoms with Crippen LogP contribution in [-0.2, 0) is 5.75 Å². The van der Waals surface area contributed by atoms with Crippen LogP contribution in [-0.4, -0.2) is 19.8 Å². The van der Waals surface area contributed by atoms with Gasteiger partial charge >= 0.3 is 0 Å². The molecule has 0 spiro atoms. The van der Waals surface area contributed by atoms with Gasteiger partial charge in [-0.15, -0.1) is 10.2 Å². The van der Waals surface area contributed by atoms with Gasteiger partial charge in [-0.2, -0.15) is 9.61 Å². The van der Waals surface area contributed by atoms with Crippen LogP contribution >= 0.6 is 23.4 Å². The van der Waals surface area contributed by atoms with Gasteiger partial charge in [0.05, 0.1) is 0 Å². The summed E-state index contributed by atoms with van der Waals surface area (Å²) >= 11 is 7.51. The average Bonchev–Trinajstić information content (AvgIpc) is 3.04. The van der Waals surface area contributed by atoms with E-state index in [1.54, 1.807) is 28.4 Å². The summed E-state index contributed by atoms with van der Waals surface area (Å²) in [7, 11) is 0. The van der Waals surface area contributed by atoms with Crippen molar-refractivity contribution in [3.05, 3.63) is 77.1 Å². The lowest BCUT2D eigenvalue weighted by molar-refractivity contribution is 0.628. The minimum Gasteiger partial charge on any atom is -0.207 e. The number of nitrogens with zero attached hydrogens (tertiary/aromatic N) is 4. The quantitative estimate of drug-likeness (QED) is 0.480. The van der Waals surface area contributed by atoms with Crippen LogP contribution < -0.4 is 0 Å². The molecule has 2 aromatic heterocycles. The molecule has 4 nitrogen and oxygen atoms in total. The average molecular weight is 371 g/mol. The van der Waals surface area contributed by atoms with E-state index < -0.39 is 0 Å². The zero-order chi connectivity index (χ0) is 17.2. The summed E-state index contributed by atoms with van der Waals surface area (Å²) < 4.78 is 15.1. The van der Waals surface area contributed by atoms with Crippen molar-refractivity contribution >= 4 is 29.0 Å². The van der Waals surface area contributed by atoms with Crippen molar-refractivity contribution in [1.82, 2.24) is 19.8 Å². The van der Waals surface area contributed by atoms with Gasteiger partial charge in [0.25, 0.3) is 0 Å². The lowest BCUT2D eigenvalue weighted by Crippen LogP contribution is -1.97. The molecule has 0 saturated heterocycles. The number of benzene rings is 2. The standard InChI is InChI=1S/C18H12ClFN4S/c19-14-6-4-12(5-7-14)11-25-17-9-8-16-21-22-18(24(16)23-17)13-2-1-3-15(20)10-13/h1-10H,11H2. The van der Waals surface area contributed by atoms with Gasteiger partial charge in [0.2, 0.25) is 0 Å². The molecule has 124 valence electrons. The van der Waals surface area contributed by atoms with E-state index in [4.69, 9.17) is 11.6 Å². The molecule has 4 aromatic rings.